The van der Waals surface area contributed by atoms with Crippen molar-refractivity contribution in [2.75, 3.05) is 0 Å². The highest BCUT2D eigenvalue weighted by atomic mass is 32.2. The van der Waals surface area contributed by atoms with Crippen molar-refractivity contribution in [1.82, 2.24) is 39.9 Å². The van der Waals surface area contributed by atoms with E-state index in [-0.39, 0.29) is 16.2 Å². The molecule has 0 spiro atoms. The van der Waals surface area contributed by atoms with E-state index in [1.807, 2.05) is 0 Å². The van der Waals surface area contributed by atoms with Gasteiger partial charge in [-0.05, 0) is 147 Å². The minimum absolute atomic E-state index is 0.107. The normalized spacial score (nSPS) is 12.3. The first-order chi connectivity index (χ1) is 59.0. The van der Waals surface area contributed by atoms with Crippen LogP contribution in [0, 0.1) is 0 Å². The molecule has 0 saturated carbocycles. The van der Waals surface area contributed by atoms with Gasteiger partial charge in [0.1, 0.15) is 22.6 Å². The number of H-pyrrole nitrogens is 2. The molecule has 2 aliphatic rings. The summed E-state index contributed by atoms with van der Waals surface area (Å²) in [4.78, 5) is 104. The third-order valence-corrected chi connectivity index (χ3v) is 34.9. The van der Waals surface area contributed by atoms with Gasteiger partial charge in [0.25, 0.3) is 16.2 Å². The molecule has 0 saturated heterocycles. The number of aryl methyl sites for hydroxylation is 8. The second kappa shape index (κ2) is 47.3. The molecule has 650 valence electrons. The second-order valence-corrected chi connectivity index (χ2v) is 43.9. The Bertz CT molecular complexity index is 4980. The van der Waals surface area contributed by atoms with Gasteiger partial charge >= 0.3 is 0 Å². The fourth-order valence-corrected chi connectivity index (χ4v) is 28.7. The average molecular weight is 1770 g/mol. The number of hydrogen-bond donors (Lipinski definition) is 2. The summed E-state index contributed by atoms with van der Waals surface area (Å²) in [5.41, 5.74) is 15.9. The molecule has 20 heteroatoms. The van der Waals surface area contributed by atoms with Crippen LogP contribution in [0.3, 0.4) is 0 Å². The van der Waals surface area contributed by atoms with Crippen molar-refractivity contribution in [2.24, 2.45) is 0 Å². The van der Waals surface area contributed by atoms with Gasteiger partial charge in [-0.1, -0.05) is 403 Å². The lowest BCUT2D eigenvalue weighted by Crippen LogP contribution is -1.99. The lowest BCUT2D eigenvalue weighted by atomic mass is 9.90. The summed E-state index contributed by atoms with van der Waals surface area (Å²) >= 11 is 11.4. The first kappa shape index (κ1) is 92.4. The Hall–Kier alpha value is -5.32. The van der Waals surface area contributed by atoms with Crippen LogP contribution in [-0.2, 0) is 51.4 Å². The van der Waals surface area contributed by atoms with Crippen LogP contribution in [0.5, 0.6) is 0 Å². The molecule has 2 aliphatic heterocycles. The average Bonchev–Trinajstić information content (AvgIpc) is 1.55. The van der Waals surface area contributed by atoms with Crippen molar-refractivity contribution in [3.8, 4) is 45.6 Å². The zero-order chi connectivity index (χ0) is 83.7. The molecule has 13 rings (SSSR count). The van der Waals surface area contributed by atoms with E-state index in [9.17, 15) is 19.2 Å². The molecule has 0 unspecified atom stereocenters. The Labute approximate surface area is 746 Å². The van der Waals surface area contributed by atoms with Gasteiger partial charge < -0.3 is 9.97 Å². The van der Waals surface area contributed by atoms with Gasteiger partial charge in [-0.3, -0.25) is 19.2 Å². The summed E-state index contributed by atoms with van der Waals surface area (Å²) in [7, 11) is 0. The minimum atomic E-state index is 0.107. The highest BCUT2D eigenvalue weighted by Crippen LogP contribution is 2.52. The van der Waals surface area contributed by atoms with E-state index in [1.165, 1.54) is 245 Å². The van der Waals surface area contributed by atoms with E-state index in [4.69, 9.17) is 29.9 Å². The molecule has 0 fully saturated rings. The molecule has 0 aliphatic carbocycles. The number of hydrogen-bond acceptors (Lipinski definition) is 18. The highest BCUT2D eigenvalue weighted by molar-refractivity contribution is 7.37. The van der Waals surface area contributed by atoms with Crippen LogP contribution in [0.2, 0.25) is 0 Å². The molecule has 120 heavy (non-hydrogen) atoms. The number of rotatable bonds is 56. The number of fused-ring (bicyclic) bond motifs is 24. The fraction of sp³-hybridized carbons (Fsp3) is 0.640. The van der Waals surface area contributed by atoms with Gasteiger partial charge in [0.15, 0.2) is 23.3 Å². The van der Waals surface area contributed by atoms with Crippen molar-refractivity contribution < 1.29 is 0 Å². The molecule has 11 aromatic rings. The molecule has 0 amide bonds. The Balaban J connectivity index is 1.24. The van der Waals surface area contributed by atoms with Crippen LogP contribution >= 0.6 is 90.7 Å². The molecule has 0 radical (unpaired) electrons. The van der Waals surface area contributed by atoms with E-state index in [1.54, 1.807) is 0 Å². The van der Waals surface area contributed by atoms with E-state index in [2.05, 4.69) is 65.4 Å². The van der Waals surface area contributed by atoms with Crippen molar-refractivity contribution in [1.29, 1.82) is 0 Å². The zero-order valence-electron chi connectivity index (χ0n) is 74.2. The smallest absolute Gasteiger partial charge is 0.288 e. The van der Waals surface area contributed by atoms with Crippen molar-refractivity contribution in [2.45, 2.75) is 415 Å². The van der Waals surface area contributed by atoms with Gasteiger partial charge in [-0.2, -0.15) is 0 Å². The van der Waals surface area contributed by atoms with E-state index < -0.39 is 0 Å². The summed E-state index contributed by atoms with van der Waals surface area (Å²) in [6.07, 6.45) is 60.2. The lowest BCUT2D eigenvalue weighted by Gasteiger charge is -2.15. The fourth-order valence-electron chi connectivity index (χ4n) is 19.4. The molecule has 4 aromatic carbocycles. The lowest BCUT2D eigenvalue weighted by molar-refractivity contribution is 0.607. The topological polar surface area (TPSA) is 177 Å². The molecular formula is C100H138N8O4S8. The van der Waals surface area contributed by atoms with Gasteiger partial charge in [-0.15, -0.1) is 0 Å². The summed E-state index contributed by atoms with van der Waals surface area (Å²) in [6.45, 7) is 18.3. The van der Waals surface area contributed by atoms with Gasteiger partial charge in [0.05, 0.1) is 37.6 Å². The Morgan fingerprint density at radius 2 is 0.325 bits per heavy atom. The minimum Gasteiger partial charge on any atom is -0.324 e. The molecule has 8 bridgehead atoms. The maximum Gasteiger partial charge on any atom is 0.288 e. The molecular weight excluding hydrogens is 1630 g/mol. The monoisotopic (exact) mass is 1770 g/mol. The summed E-state index contributed by atoms with van der Waals surface area (Å²) < 4.78 is 9.00. The highest BCUT2D eigenvalue weighted by Gasteiger charge is 2.35. The van der Waals surface area contributed by atoms with Gasteiger partial charge in [-0.25, -0.2) is 29.9 Å². The van der Waals surface area contributed by atoms with Crippen molar-refractivity contribution in [3.05, 3.63) is 79.9 Å². The van der Waals surface area contributed by atoms with E-state index in [0.717, 1.165) is 331 Å². The standard InChI is InChI=1S/C100H138N8O4S8/c1-9-17-25-33-41-49-57-65-73-74(66(58-50-42-34-26-18-10-2)82-81(65)113-97(109)114-82)90-101-89(73)105-91-75-67(59-51-43-35-27-19-11-3)83-84(116-98(110)115-83)68(60-52-44-36-28-20-12-4)76(75)93(102-91)107-95-79-71(63-55-47-39-31-23-15-7)87-88(120-100(112)119-87)72(64-56-48-40-32-24-16-8)80(79)96(104-95)108-94-78-70(62-54-46-38-30-22-14-6)86-85(117-99(111)118-86)69(77(78)92(103-94)106-90)61-53-45-37-29-21-13-5/h9-64H2,1-8H3,(H2,101,102,103,104,105,106,107,108). The number of nitrogens with zero attached hydrogens (tertiary/aromatic N) is 6. The summed E-state index contributed by atoms with van der Waals surface area (Å²) in [5, 5.41) is 4.06. The first-order valence-electron chi connectivity index (χ1n) is 48.3. The Kier molecular flexibility index (Phi) is 36.4. The van der Waals surface area contributed by atoms with Crippen LogP contribution in [0.15, 0.2) is 19.2 Å². The largest absolute Gasteiger partial charge is 0.324 e. The Morgan fingerprint density at radius 3 is 0.492 bits per heavy atom. The molecule has 9 heterocycles. The summed E-state index contributed by atoms with van der Waals surface area (Å²) in [6, 6.07) is 0. The number of nitrogens with one attached hydrogen (secondary N) is 2. The van der Waals surface area contributed by atoms with Crippen molar-refractivity contribution >= 4 is 172 Å². The zero-order valence-corrected chi connectivity index (χ0v) is 80.7. The second-order valence-electron chi connectivity index (χ2n) is 35.0. The number of aromatic nitrogens is 8. The maximum absolute atomic E-state index is 14.7. The van der Waals surface area contributed by atoms with Crippen LogP contribution in [0.4, 0.5) is 0 Å². The Morgan fingerprint density at radius 1 is 0.183 bits per heavy atom. The quantitative estimate of drug-likeness (QED) is 0.0349. The van der Waals surface area contributed by atoms with Crippen LogP contribution in [0.1, 0.15) is 408 Å². The third-order valence-electron chi connectivity index (χ3n) is 25.8. The van der Waals surface area contributed by atoms with Crippen LogP contribution in [-0.4, -0.2) is 39.9 Å². The first-order valence-corrected chi connectivity index (χ1v) is 54.8. The molecule has 7 aromatic heterocycles. The SMILES string of the molecule is CCCCCCCCc1c2c(c(CCCCCCCC)c3sc(=O)sc13)-c1nc-2nc2[nH]c(nc3nc(nc4[nH]c(n1)c1c(CCCCCCCC)c5sc(=O)sc5c(CCCCCCCC)c41)-c1c-3c(CCCCCCCC)c3sc(=O)sc3c1CCCCCCCC)c1c(CCCCCCCC)c3sc(=O)sc3c(CCCCCCCC)c21. The number of aromatic amines is 2. The molecule has 2 N–H and O–H groups in total. The predicted molar refractivity (Wildman–Crippen MR) is 531 cm³/mol. The predicted octanol–water partition coefficient (Wildman–Crippen LogP) is 32.6. The maximum atomic E-state index is 14.7. The number of benzene rings is 4. The molecule has 12 nitrogen and oxygen atoms in total. The van der Waals surface area contributed by atoms with E-state index >= 15 is 0 Å². The van der Waals surface area contributed by atoms with Crippen molar-refractivity contribution in [3.63, 3.8) is 0 Å². The third kappa shape index (κ3) is 22.4. The van der Waals surface area contributed by atoms with Crippen LogP contribution < -0.4 is 16.2 Å². The summed E-state index contributed by atoms with van der Waals surface area (Å²) in [5.74, 6) is 2.37. The van der Waals surface area contributed by atoms with Crippen LogP contribution in [0.25, 0.3) is 127 Å². The molecule has 0 atom stereocenters. The van der Waals surface area contributed by atoms with Gasteiger partial charge in [0.2, 0.25) is 0 Å². The van der Waals surface area contributed by atoms with Gasteiger partial charge in [0, 0.05) is 43.8 Å². The van der Waals surface area contributed by atoms with E-state index in [0.29, 0.717) is 45.9 Å². The number of unbranched alkanes of at least 4 members (excludes halogenated alkanes) is 40.